The van der Waals surface area contributed by atoms with Crippen molar-refractivity contribution < 1.29 is 9.13 Å². The Morgan fingerprint density at radius 1 is 1.21 bits per heavy atom. The lowest BCUT2D eigenvalue weighted by Gasteiger charge is -2.12. The van der Waals surface area contributed by atoms with Gasteiger partial charge in [-0.3, -0.25) is 0 Å². The van der Waals surface area contributed by atoms with Crippen LogP contribution in [0.3, 0.4) is 0 Å². The van der Waals surface area contributed by atoms with Gasteiger partial charge in [0.1, 0.15) is 22.3 Å². The van der Waals surface area contributed by atoms with Crippen LogP contribution in [0.1, 0.15) is 11.1 Å². The number of benzene rings is 2. The van der Waals surface area contributed by atoms with E-state index in [1.54, 1.807) is 12.1 Å². The summed E-state index contributed by atoms with van der Waals surface area (Å²) in [5.74, 6) is 0.518. The van der Waals surface area contributed by atoms with Crippen molar-refractivity contribution in [3.63, 3.8) is 0 Å². The highest BCUT2D eigenvalue weighted by atomic mass is 79.9. The molecule has 0 amide bonds. The van der Waals surface area contributed by atoms with Gasteiger partial charge in [0, 0.05) is 6.07 Å². The van der Waals surface area contributed by atoms with E-state index in [-0.39, 0.29) is 10.8 Å². The maximum atomic E-state index is 13.2. The molecule has 2 aromatic rings. The Kier molecular flexibility index (Phi) is 4.17. The molecule has 5 heteroatoms. The Bertz CT molecular complexity index is 645. The van der Waals surface area contributed by atoms with Crippen molar-refractivity contribution in [2.45, 2.75) is 6.92 Å². The van der Waals surface area contributed by atoms with Crippen LogP contribution in [0.25, 0.3) is 0 Å². The molecule has 0 saturated carbocycles. The third-order valence-corrected chi connectivity index (χ3v) is 3.39. The second kappa shape index (κ2) is 5.67. The van der Waals surface area contributed by atoms with Gasteiger partial charge in [-0.15, -0.1) is 0 Å². The van der Waals surface area contributed by atoms with Gasteiger partial charge in [0.25, 0.3) is 0 Å². The van der Waals surface area contributed by atoms with Gasteiger partial charge in [-0.2, -0.15) is 0 Å². The first kappa shape index (κ1) is 14.0. The lowest BCUT2D eigenvalue weighted by Crippen LogP contribution is -2.10. The predicted octanol–water partition coefficient (Wildman–Crippen LogP) is 4.32. The Hall–Kier alpha value is -1.46. The molecule has 0 fully saturated rings. The van der Waals surface area contributed by atoms with E-state index >= 15 is 0 Å². The fourth-order valence-corrected chi connectivity index (χ4v) is 2.09. The molecule has 2 rings (SSSR count). The molecule has 0 aliphatic rings. The van der Waals surface area contributed by atoms with E-state index in [1.807, 2.05) is 19.1 Å². The van der Waals surface area contributed by atoms with Gasteiger partial charge in [0.2, 0.25) is 0 Å². The highest BCUT2D eigenvalue weighted by molar-refractivity contribution is 9.10. The number of rotatable bonds is 3. The molecule has 0 aromatic heterocycles. The van der Waals surface area contributed by atoms with Crippen molar-refractivity contribution in [1.29, 1.82) is 0 Å². The van der Waals surface area contributed by atoms with Gasteiger partial charge in [0.05, 0.1) is 10.0 Å². The van der Waals surface area contributed by atoms with E-state index in [4.69, 9.17) is 22.7 Å². The molecule has 2 N–H and O–H groups in total. The third kappa shape index (κ3) is 3.30. The molecule has 19 heavy (non-hydrogen) atoms. The molecule has 0 unspecified atom stereocenters. The van der Waals surface area contributed by atoms with Crippen molar-refractivity contribution in [3.8, 4) is 11.5 Å². The molecule has 0 bridgehead atoms. The Labute approximate surface area is 124 Å². The molecule has 0 spiro atoms. The summed E-state index contributed by atoms with van der Waals surface area (Å²) in [5.41, 5.74) is 7.28. The van der Waals surface area contributed by atoms with Crippen LogP contribution >= 0.6 is 28.1 Å². The van der Waals surface area contributed by atoms with E-state index in [0.717, 1.165) is 5.56 Å². The molecular formula is C14H11BrFNOS. The molecule has 0 saturated heterocycles. The predicted molar refractivity (Wildman–Crippen MR) is 81.2 cm³/mol. The number of thiocarbonyl (C=S) groups is 1. The average Bonchev–Trinajstić information content (AvgIpc) is 2.33. The molecule has 0 atom stereocenters. The summed E-state index contributed by atoms with van der Waals surface area (Å²) in [4.78, 5) is 0.238. The van der Waals surface area contributed by atoms with Crippen molar-refractivity contribution in [1.82, 2.24) is 0 Å². The minimum atomic E-state index is -0.372. The van der Waals surface area contributed by atoms with E-state index in [0.29, 0.717) is 21.5 Å². The summed E-state index contributed by atoms with van der Waals surface area (Å²) in [5, 5.41) is 0. The summed E-state index contributed by atoms with van der Waals surface area (Å²) >= 11 is 8.29. The third-order valence-electron chi connectivity index (χ3n) is 2.52. The van der Waals surface area contributed by atoms with E-state index in [9.17, 15) is 4.39 Å². The summed E-state index contributed by atoms with van der Waals surface area (Å²) in [7, 11) is 0. The van der Waals surface area contributed by atoms with Crippen LogP contribution in [0, 0.1) is 12.7 Å². The number of halogens is 2. The molecule has 2 aromatic carbocycles. The van der Waals surface area contributed by atoms with E-state index < -0.39 is 0 Å². The first-order valence-corrected chi connectivity index (χ1v) is 6.71. The molecular weight excluding hydrogens is 329 g/mol. The molecule has 0 heterocycles. The number of hydrogen-bond donors (Lipinski definition) is 1. The Morgan fingerprint density at radius 2 is 1.95 bits per heavy atom. The summed E-state index contributed by atoms with van der Waals surface area (Å²) in [6.07, 6.45) is 0. The zero-order valence-electron chi connectivity index (χ0n) is 10.1. The topological polar surface area (TPSA) is 35.2 Å². The van der Waals surface area contributed by atoms with Crippen LogP contribution in [0.15, 0.2) is 40.9 Å². The first-order chi connectivity index (χ1) is 8.97. The van der Waals surface area contributed by atoms with E-state index in [1.165, 1.54) is 12.1 Å². The maximum Gasteiger partial charge on any atom is 0.144 e. The lowest BCUT2D eigenvalue weighted by molar-refractivity contribution is 0.472. The highest BCUT2D eigenvalue weighted by Crippen LogP contribution is 2.32. The largest absolute Gasteiger partial charge is 0.455 e. The van der Waals surface area contributed by atoms with Crippen LogP contribution in [0.2, 0.25) is 0 Å². The van der Waals surface area contributed by atoms with Gasteiger partial charge < -0.3 is 10.5 Å². The monoisotopic (exact) mass is 339 g/mol. The quantitative estimate of drug-likeness (QED) is 0.845. The summed E-state index contributed by atoms with van der Waals surface area (Å²) < 4.78 is 19.6. The van der Waals surface area contributed by atoms with Crippen molar-refractivity contribution in [2.24, 2.45) is 5.73 Å². The van der Waals surface area contributed by atoms with Gasteiger partial charge in [0.15, 0.2) is 0 Å². The van der Waals surface area contributed by atoms with Crippen LogP contribution in [-0.4, -0.2) is 4.99 Å². The smallest absolute Gasteiger partial charge is 0.144 e. The molecule has 0 aliphatic heterocycles. The Balaban J connectivity index is 2.45. The fraction of sp³-hybridized carbons (Fsp3) is 0.0714. The fourth-order valence-electron chi connectivity index (χ4n) is 1.59. The lowest BCUT2D eigenvalue weighted by atomic mass is 10.1. The second-order valence-electron chi connectivity index (χ2n) is 4.04. The van der Waals surface area contributed by atoms with Gasteiger partial charge in [-0.25, -0.2) is 4.39 Å². The van der Waals surface area contributed by atoms with Gasteiger partial charge in [-0.1, -0.05) is 18.3 Å². The summed E-state index contributed by atoms with van der Waals surface area (Å²) in [6, 6.07) is 9.73. The zero-order valence-corrected chi connectivity index (χ0v) is 12.5. The standard InChI is InChI=1S/C14H11BrFNOS/c1-8-2-4-10(14(17)19)12(6-8)18-13-7-9(16)3-5-11(13)15/h2-7H,1H3,(H2,17,19). The number of hydrogen-bond acceptors (Lipinski definition) is 2. The van der Waals surface area contributed by atoms with Crippen LogP contribution < -0.4 is 10.5 Å². The number of ether oxygens (including phenoxy) is 1. The number of nitrogens with two attached hydrogens (primary N) is 1. The van der Waals surface area contributed by atoms with Crippen molar-refractivity contribution in [2.75, 3.05) is 0 Å². The number of aryl methyl sites for hydroxylation is 1. The molecule has 0 aliphatic carbocycles. The van der Waals surface area contributed by atoms with E-state index in [2.05, 4.69) is 15.9 Å². The minimum absolute atomic E-state index is 0.238. The van der Waals surface area contributed by atoms with Crippen molar-refractivity contribution >= 4 is 33.1 Å². The van der Waals surface area contributed by atoms with Crippen molar-refractivity contribution in [3.05, 3.63) is 57.8 Å². The zero-order chi connectivity index (χ0) is 14.0. The summed E-state index contributed by atoms with van der Waals surface area (Å²) in [6.45, 7) is 1.93. The molecule has 98 valence electrons. The molecule has 2 nitrogen and oxygen atoms in total. The normalized spacial score (nSPS) is 10.3. The van der Waals surface area contributed by atoms with Crippen LogP contribution in [0.5, 0.6) is 11.5 Å². The highest BCUT2D eigenvalue weighted by Gasteiger charge is 2.10. The maximum absolute atomic E-state index is 13.2. The first-order valence-electron chi connectivity index (χ1n) is 5.51. The molecule has 0 radical (unpaired) electrons. The Morgan fingerprint density at radius 3 is 2.63 bits per heavy atom. The van der Waals surface area contributed by atoms with Crippen LogP contribution in [0.4, 0.5) is 4.39 Å². The average molecular weight is 340 g/mol. The SMILES string of the molecule is Cc1ccc(C(N)=S)c(Oc2cc(F)ccc2Br)c1. The minimum Gasteiger partial charge on any atom is -0.455 e. The van der Waals surface area contributed by atoms with Crippen LogP contribution in [-0.2, 0) is 0 Å². The van der Waals surface area contributed by atoms with Gasteiger partial charge >= 0.3 is 0 Å². The van der Waals surface area contributed by atoms with Gasteiger partial charge in [-0.05, 0) is 52.7 Å². The second-order valence-corrected chi connectivity index (χ2v) is 5.33.